The molecule has 0 saturated carbocycles. The molecule has 21 heavy (non-hydrogen) atoms. The average molecular weight is 305 g/mol. The average Bonchev–Trinajstić information content (AvgIpc) is 2.49. The van der Waals surface area contributed by atoms with E-state index in [0.717, 1.165) is 0 Å². The van der Waals surface area contributed by atoms with Gasteiger partial charge in [-0.05, 0) is 24.3 Å². The standard InChI is InChI=1S/C14H15N3O3S/c18-14(17-13-8-4-5-10-15-13)9-11-16-21(19,20)12-6-2-1-3-7-12/h1-8,10,16H,9,11H2,(H,15,17,18). The number of benzene rings is 1. The number of sulfonamides is 1. The van der Waals surface area contributed by atoms with Crippen LogP contribution in [0.15, 0.2) is 59.6 Å². The van der Waals surface area contributed by atoms with Crippen molar-refractivity contribution in [2.45, 2.75) is 11.3 Å². The van der Waals surface area contributed by atoms with Crippen LogP contribution in [0.3, 0.4) is 0 Å². The second kappa shape index (κ2) is 6.96. The Kier molecular flexibility index (Phi) is 5.02. The molecule has 1 aromatic heterocycles. The van der Waals surface area contributed by atoms with Crippen LogP contribution in [0.25, 0.3) is 0 Å². The zero-order chi connectivity index (χ0) is 15.1. The lowest BCUT2D eigenvalue weighted by atomic mass is 10.4. The van der Waals surface area contributed by atoms with E-state index in [9.17, 15) is 13.2 Å². The zero-order valence-electron chi connectivity index (χ0n) is 11.2. The SMILES string of the molecule is O=C(CCNS(=O)(=O)c1ccccc1)Nc1ccccn1. The third-order valence-corrected chi connectivity index (χ3v) is 4.11. The molecular formula is C14H15N3O3S. The van der Waals surface area contributed by atoms with Crippen molar-refractivity contribution in [3.63, 3.8) is 0 Å². The molecule has 0 atom stereocenters. The second-order valence-corrected chi connectivity index (χ2v) is 5.99. The first-order chi connectivity index (χ1) is 10.1. The number of pyridine rings is 1. The Bertz CT molecular complexity index is 688. The molecule has 0 aliphatic heterocycles. The number of hydrogen-bond donors (Lipinski definition) is 2. The van der Waals surface area contributed by atoms with E-state index in [-0.39, 0.29) is 23.8 Å². The fourth-order valence-corrected chi connectivity index (χ4v) is 2.68. The summed E-state index contributed by atoms with van der Waals surface area (Å²) in [5.41, 5.74) is 0. The molecule has 0 aliphatic carbocycles. The van der Waals surface area contributed by atoms with Crippen LogP contribution < -0.4 is 10.0 Å². The summed E-state index contributed by atoms with van der Waals surface area (Å²) >= 11 is 0. The van der Waals surface area contributed by atoms with Gasteiger partial charge in [-0.3, -0.25) is 4.79 Å². The minimum atomic E-state index is -3.57. The highest BCUT2D eigenvalue weighted by molar-refractivity contribution is 7.89. The van der Waals surface area contributed by atoms with Crippen molar-refractivity contribution >= 4 is 21.7 Å². The molecule has 2 rings (SSSR count). The fourth-order valence-electron chi connectivity index (χ4n) is 1.62. The van der Waals surface area contributed by atoms with Gasteiger partial charge in [-0.25, -0.2) is 18.1 Å². The molecule has 0 aliphatic rings. The minimum Gasteiger partial charge on any atom is -0.311 e. The monoisotopic (exact) mass is 305 g/mol. The lowest BCUT2D eigenvalue weighted by molar-refractivity contribution is -0.116. The molecule has 0 radical (unpaired) electrons. The number of carbonyl (C=O) groups is 1. The van der Waals surface area contributed by atoms with Gasteiger partial charge in [0.2, 0.25) is 15.9 Å². The highest BCUT2D eigenvalue weighted by Gasteiger charge is 2.13. The van der Waals surface area contributed by atoms with Crippen molar-refractivity contribution in [3.05, 3.63) is 54.7 Å². The molecule has 0 fully saturated rings. The van der Waals surface area contributed by atoms with Crippen molar-refractivity contribution < 1.29 is 13.2 Å². The molecule has 2 N–H and O–H groups in total. The number of amides is 1. The summed E-state index contributed by atoms with van der Waals surface area (Å²) in [7, 11) is -3.57. The number of rotatable bonds is 6. The van der Waals surface area contributed by atoms with Crippen LogP contribution in [0.4, 0.5) is 5.82 Å². The fraction of sp³-hybridized carbons (Fsp3) is 0.143. The summed E-state index contributed by atoms with van der Waals surface area (Å²) in [5, 5.41) is 2.58. The number of carbonyl (C=O) groups excluding carboxylic acids is 1. The molecule has 1 aromatic carbocycles. The molecular weight excluding hydrogens is 290 g/mol. The van der Waals surface area contributed by atoms with Gasteiger partial charge >= 0.3 is 0 Å². The molecule has 110 valence electrons. The maximum atomic E-state index is 11.9. The summed E-state index contributed by atoms with van der Waals surface area (Å²) < 4.78 is 26.2. The first-order valence-corrected chi connectivity index (χ1v) is 7.82. The minimum absolute atomic E-state index is 0.0237. The molecule has 0 spiro atoms. The van der Waals surface area contributed by atoms with E-state index in [1.165, 1.54) is 12.1 Å². The highest BCUT2D eigenvalue weighted by atomic mass is 32.2. The van der Waals surface area contributed by atoms with Crippen molar-refractivity contribution in [1.82, 2.24) is 9.71 Å². The van der Waals surface area contributed by atoms with Crippen LogP contribution in [0.2, 0.25) is 0 Å². The maximum absolute atomic E-state index is 11.9. The summed E-state index contributed by atoms with van der Waals surface area (Å²) in [4.78, 5) is 15.8. The third-order valence-electron chi connectivity index (χ3n) is 2.63. The van der Waals surface area contributed by atoms with Crippen molar-refractivity contribution in [2.75, 3.05) is 11.9 Å². The Morgan fingerprint density at radius 3 is 2.43 bits per heavy atom. The quantitative estimate of drug-likeness (QED) is 0.844. The molecule has 0 bridgehead atoms. The molecule has 1 heterocycles. The summed E-state index contributed by atoms with van der Waals surface area (Å²) in [5.74, 6) is 0.137. The Labute approximate surface area is 123 Å². The summed E-state index contributed by atoms with van der Waals surface area (Å²) in [6.45, 7) is 0.0237. The summed E-state index contributed by atoms with van der Waals surface area (Å²) in [6.07, 6.45) is 1.59. The summed E-state index contributed by atoms with van der Waals surface area (Å²) in [6, 6.07) is 13.2. The maximum Gasteiger partial charge on any atom is 0.240 e. The van der Waals surface area contributed by atoms with Gasteiger partial charge in [-0.2, -0.15) is 0 Å². The van der Waals surface area contributed by atoms with E-state index in [2.05, 4.69) is 15.0 Å². The number of aromatic nitrogens is 1. The molecule has 0 unspecified atom stereocenters. The number of anilines is 1. The first kappa shape index (κ1) is 15.1. The third kappa shape index (κ3) is 4.66. The smallest absolute Gasteiger partial charge is 0.240 e. The van der Waals surface area contributed by atoms with Gasteiger partial charge in [0.15, 0.2) is 0 Å². The number of nitrogens with zero attached hydrogens (tertiary/aromatic N) is 1. The van der Waals surface area contributed by atoms with E-state index in [1.807, 2.05) is 0 Å². The van der Waals surface area contributed by atoms with Gasteiger partial charge in [0, 0.05) is 19.2 Å². The predicted molar refractivity (Wildman–Crippen MR) is 79.1 cm³/mol. The normalized spacial score (nSPS) is 11.0. The van der Waals surface area contributed by atoms with Crippen LogP contribution in [-0.2, 0) is 14.8 Å². The van der Waals surface area contributed by atoms with Gasteiger partial charge in [0.05, 0.1) is 4.90 Å². The van der Waals surface area contributed by atoms with Gasteiger partial charge in [0.25, 0.3) is 0 Å². The lowest BCUT2D eigenvalue weighted by Gasteiger charge is -2.07. The van der Waals surface area contributed by atoms with Crippen LogP contribution in [0.1, 0.15) is 6.42 Å². The lowest BCUT2D eigenvalue weighted by Crippen LogP contribution is -2.27. The van der Waals surface area contributed by atoms with E-state index in [4.69, 9.17) is 0 Å². The Morgan fingerprint density at radius 2 is 1.76 bits per heavy atom. The van der Waals surface area contributed by atoms with E-state index >= 15 is 0 Å². The molecule has 1 amide bonds. The van der Waals surface area contributed by atoms with Gasteiger partial charge in [0.1, 0.15) is 5.82 Å². The molecule has 7 heteroatoms. The predicted octanol–water partition coefficient (Wildman–Crippen LogP) is 1.39. The molecule has 0 saturated heterocycles. The zero-order valence-corrected chi connectivity index (χ0v) is 12.0. The first-order valence-electron chi connectivity index (χ1n) is 6.33. The highest BCUT2D eigenvalue weighted by Crippen LogP contribution is 2.07. The van der Waals surface area contributed by atoms with Crippen LogP contribution in [0, 0.1) is 0 Å². The van der Waals surface area contributed by atoms with Crippen molar-refractivity contribution in [3.8, 4) is 0 Å². The topological polar surface area (TPSA) is 88.2 Å². The second-order valence-electron chi connectivity index (χ2n) is 4.22. The van der Waals surface area contributed by atoms with E-state index < -0.39 is 10.0 Å². The van der Waals surface area contributed by atoms with Crippen molar-refractivity contribution in [2.24, 2.45) is 0 Å². The van der Waals surface area contributed by atoms with Gasteiger partial charge in [-0.15, -0.1) is 0 Å². The van der Waals surface area contributed by atoms with Crippen LogP contribution >= 0.6 is 0 Å². The van der Waals surface area contributed by atoms with Crippen molar-refractivity contribution in [1.29, 1.82) is 0 Å². The molecule has 2 aromatic rings. The van der Waals surface area contributed by atoms with Crippen LogP contribution in [-0.4, -0.2) is 25.9 Å². The van der Waals surface area contributed by atoms with E-state index in [1.54, 1.807) is 42.6 Å². The van der Waals surface area contributed by atoms with E-state index in [0.29, 0.717) is 5.82 Å². The van der Waals surface area contributed by atoms with Gasteiger partial charge in [-0.1, -0.05) is 24.3 Å². The Balaban J connectivity index is 1.83. The van der Waals surface area contributed by atoms with Crippen LogP contribution in [0.5, 0.6) is 0 Å². The Morgan fingerprint density at radius 1 is 1.05 bits per heavy atom. The molecule has 6 nitrogen and oxygen atoms in total. The Hall–Kier alpha value is -2.25. The number of nitrogens with one attached hydrogen (secondary N) is 2. The largest absolute Gasteiger partial charge is 0.311 e. The van der Waals surface area contributed by atoms with Gasteiger partial charge < -0.3 is 5.32 Å². The number of hydrogen-bond acceptors (Lipinski definition) is 4.